The van der Waals surface area contributed by atoms with Gasteiger partial charge < -0.3 is 29.9 Å². The van der Waals surface area contributed by atoms with E-state index in [-0.39, 0.29) is 34.1 Å². The lowest BCUT2D eigenvalue weighted by atomic mass is 10.2. The summed E-state index contributed by atoms with van der Waals surface area (Å²) in [7, 11) is 2.72. The van der Waals surface area contributed by atoms with Gasteiger partial charge in [-0.3, -0.25) is 0 Å². The van der Waals surface area contributed by atoms with Gasteiger partial charge in [0.05, 0.1) is 25.3 Å². The molecule has 0 radical (unpaired) electrons. The molecule has 8 nitrogen and oxygen atoms in total. The molecule has 0 heterocycles. The molecule has 2 rings (SSSR count). The molecule has 0 atom stereocenters. The zero-order valence-electron chi connectivity index (χ0n) is 17.7. The quantitative estimate of drug-likeness (QED) is 0.468. The number of phenols is 2. The van der Waals surface area contributed by atoms with Crippen LogP contribution in [0, 0.1) is 0 Å². The fourth-order valence-electron chi connectivity index (χ4n) is 2.12. The summed E-state index contributed by atoms with van der Waals surface area (Å²) in [4.78, 5) is 20.9. The summed E-state index contributed by atoms with van der Waals surface area (Å²) in [6.45, 7) is 4.46. The van der Waals surface area contributed by atoms with Crippen LogP contribution in [0.4, 0.5) is 0 Å². The topological polar surface area (TPSA) is 134 Å². The summed E-state index contributed by atoms with van der Waals surface area (Å²) in [5, 5.41) is 35.3. The van der Waals surface area contributed by atoms with Crippen molar-refractivity contribution in [3.63, 3.8) is 0 Å². The maximum atomic E-state index is 10.4. The van der Waals surface area contributed by atoms with Gasteiger partial charge in [-0.05, 0) is 36.4 Å². The molecule has 2 aromatic carbocycles. The van der Waals surface area contributed by atoms with Crippen molar-refractivity contribution in [2.75, 3.05) is 14.2 Å². The van der Waals surface area contributed by atoms with E-state index < -0.39 is 11.9 Å². The van der Waals surface area contributed by atoms with Crippen LogP contribution >= 0.6 is 0 Å². The predicted molar refractivity (Wildman–Crippen MR) is 113 cm³/mol. The van der Waals surface area contributed by atoms with Crippen LogP contribution in [0.5, 0.6) is 23.0 Å². The van der Waals surface area contributed by atoms with Crippen LogP contribution in [0.25, 0.3) is 0 Å². The monoisotopic (exact) mass is 422 g/mol. The van der Waals surface area contributed by atoms with Gasteiger partial charge in [-0.25, -0.2) is 9.59 Å². The molecule has 0 fully saturated rings. The number of hydrogen-bond donors (Lipinski definition) is 4. The Morgan fingerprint density at radius 2 is 1.07 bits per heavy atom. The lowest BCUT2D eigenvalue weighted by Crippen LogP contribution is -1.96. The summed E-state index contributed by atoms with van der Waals surface area (Å²) in [5.41, 5.74) is 0.175. The summed E-state index contributed by atoms with van der Waals surface area (Å²) in [6, 6.07) is 7.69. The highest BCUT2D eigenvalue weighted by Crippen LogP contribution is 2.26. The number of unbranched alkanes of at least 4 members (excludes halogenated alkanes) is 3. The van der Waals surface area contributed by atoms with E-state index in [2.05, 4.69) is 13.8 Å². The number of carboxylic acid groups (broad SMARTS) is 2. The third kappa shape index (κ3) is 9.68. The van der Waals surface area contributed by atoms with Crippen molar-refractivity contribution in [1.82, 2.24) is 0 Å². The van der Waals surface area contributed by atoms with Gasteiger partial charge in [0, 0.05) is 0 Å². The first kappa shape index (κ1) is 26.6. The van der Waals surface area contributed by atoms with Gasteiger partial charge in [-0.2, -0.15) is 0 Å². The zero-order chi connectivity index (χ0) is 23.1. The maximum Gasteiger partial charge on any atom is 0.335 e. The minimum atomic E-state index is -1.05. The zero-order valence-corrected chi connectivity index (χ0v) is 17.7. The van der Waals surface area contributed by atoms with Gasteiger partial charge in [-0.1, -0.05) is 39.5 Å². The van der Waals surface area contributed by atoms with E-state index >= 15 is 0 Å². The number of phenolic OH excluding ortho intramolecular Hbond substituents is 2. The number of benzene rings is 2. The second-order valence-corrected chi connectivity index (χ2v) is 6.09. The average Bonchev–Trinajstić information content (AvgIpc) is 2.73. The second kappa shape index (κ2) is 14.6. The number of hydrogen-bond acceptors (Lipinski definition) is 6. The van der Waals surface area contributed by atoms with E-state index in [1.165, 1.54) is 76.3 Å². The van der Waals surface area contributed by atoms with Crippen LogP contribution < -0.4 is 9.47 Å². The predicted octanol–water partition coefficient (Wildman–Crippen LogP) is 4.78. The molecule has 0 aliphatic heterocycles. The van der Waals surface area contributed by atoms with Crippen molar-refractivity contribution in [2.24, 2.45) is 0 Å². The fourth-order valence-corrected chi connectivity index (χ4v) is 2.12. The summed E-state index contributed by atoms with van der Waals surface area (Å²) in [5.74, 6) is -1.91. The number of methoxy groups -OCH3 is 2. The van der Waals surface area contributed by atoms with Crippen LogP contribution in [0.15, 0.2) is 36.4 Å². The van der Waals surface area contributed by atoms with E-state index in [4.69, 9.17) is 29.9 Å². The van der Waals surface area contributed by atoms with E-state index in [1.807, 2.05) is 0 Å². The number of ether oxygens (including phenoxy) is 2. The van der Waals surface area contributed by atoms with Gasteiger partial charge in [0.25, 0.3) is 0 Å². The first-order valence-electron chi connectivity index (χ1n) is 9.42. The number of rotatable bonds is 7. The molecule has 8 heteroatoms. The highest BCUT2D eigenvalue weighted by Gasteiger charge is 2.07. The first-order valence-corrected chi connectivity index (χ1v) is 9.42. The number of aromatic carboxylic acids is 2. The molecule has 166 valence electrons. The van der Waals surface area contributed by atoms with Crippen molar-refractivity contribution in [3.8, 4) is 23.0 Å². The van der Waals surface area contributed by atoms with Crippen molar-refractivity contribution < 1.29 is 39.5 Å². The Morgan fingerprint density at radius 1 is 0.733 bits per heavy atom. The van der Waals surface area contributed by atoms with E-state index in [9.17, 15) is 9.59 Å². The molecule has 4 N–H and O–H groups in total. The van der Waals surface area contributed by atoms with E-state index in [0.29, 0.717) is 0 Å². The first-order chi connectivity index (χ1) is 14.2. The van der Waals surface area contributed by atoms with Crippen LogP contribution in [0.1, 0.15) is 60.2 Å². The molecule has 0 unspecified atom stereocenters. The lowest BCUT2D eigenvalue weighted by Gasteiger charge is -2.02. The Bertz CT molecular complexity index is 734. The second-order valence-electron chi connectivity index (χ2n) is 6.09. The highest BCUT2D eigenvalue weighted by atomic mass is 16.5. The van der Waals surface area contributed by atoms with E-state index in [1.54, 1.807) is 0 Å². The molecular formula is C22H30O8. The van der Waals surface area contributed by atoms with Gasteiger partial charge in [0.2, 0.25) is 0 Å². The molecule has 0 aliphatic carbocycles. The van der Waals surface area contributed by atoms with Crippen molar-refractivity contribution in [1.29, 1.82) is 0 Å². The third-order valence-corrected chi connectivity index (χ3v) is 3.81. The Kier molecular flexibility index (Phi) is 12.9. The molecule has 0 saturated heterocycles. The number of carbonyl (C=O) groups is 2. The van der Waals surface area contributed by atoms with Crippen LogP contribution in [0.2, 0.25) is 0 Å². The third-order valence-electron chi connectivity index (χ3n) is 3.81. The maximum absolute atomic E-state index is 10.4. The van der Waals surface area contributed by atoms with Crippen molar-refractivity contribution in [2.45, 2.75) is 39.5 Å². The molecule has 30 heavy (non-hydrogen) atoms. The average molecular weight is 422 g/mol. The van der Waals surface area contributed by atoms with Gasteiger partial charge in [0.1, 0.15) is 0 Å². The van der Waals surface area contributed by atoms with Crippen LogP contribution in [-0.4, -0.2) is 46.6 Å². The van der Waals surface area contributed by atoms with Crippen molar-refractivity contribution in [3.05, 3.63) is 47.5 Å². The molecular weight excluding hydrogens is 392 g/mol. The van der Waals surface area contributed by atoms with Crippen molar-refractivity contribution >= 4 is 11.9 Å². The normalized spacial score (nSPS) is 9.33. The molecule has 0 spiro atoms. The summed E-state index contributed by atoms with van der Waals surface area (Å²) in [6.07, 6.45) is 5.54. The summed E-state index contributed by atoms with van der Waals surface area (Å²) < 4.78 is 9.44. The van der Waals surface area contributed by atoms with Crippen LogP contribution in [-0.2, 0) is 0 Å². The van der Waals surface area contributed by atoms with Gasteiger partial charge >= 0.3 is 11.9 Å². The Balaban J connectivity index is 0.000000447. The molecule has 0 amide bonds. The Morgan fingerprint density at radius 3 is 1.30 bits per heavy atom. The summed E-state index contributed by atoms with van der Waals surface area (Å²) >= 11 is 0. The lowest BCUT2D eigenvalue weighted by molar-refractivity contribution is 0.0685. The Labute approximate surface area is 176 Å². The number of aromatic hydroxyl groups is 2. The molecule has 0 bridgehead atoms. The minimum absolute atomic E-state index is 0.0671. The van der Waals surface area contributed by atoms with Gasteiger partial charge in [-0.15, -0.1) is 0 Å². The SMILES string of the molecule is CCCCCC.COc1cc(C(=O)O)ccc1O.COc1cc(C(=O)O)ccc1O. The minimum Gasteiger partial charge on any atom is -0.504 e. The molecule has 0 saturated carbocycles. The number of carboxylic acids is 2. The molecule has 2 aromatic rings. The molecule has 0 aliphatic rings. The smallest absolute Gasteiger partial charge is 0.335 e. The molecule has 0 aromatic heterocycles. The van der Waals surface area contributed by atoms with E-state index in [0.717, 1.165) is 0 Å². The van der Waals surface area contributed by atoms with Gasteiger partial charge in [0.15, 0.2) is 23.0 Å². The Hall–Kier alpha value is -3.42. The fraction of sp³-hybridized carbons (Fsp3) is 0.364. The highest BCUT2D eigenvalue weighted by molar-refractivity contribution is 5.88. The van der Waals surface area contributed by atoms with Crippen LogP contribution in [0.3, 0.4) is 0 Å². The largest absolute Gasteiger partial charge is 0.504 e. The standard InChI is InChI=1S/2C8H8O4.C6H14/c2*1-12-7-4-5(8(10)11)2-3-6(7)9;1-3-5-6-4-2/h2*2-4,9H,1H3,(H,10,11);3-6H2,1-2H3.